The molecule has 2 aromatic carbocycles. The molecule has 0 spiro atoms. The van der Waals surface area contributed by atoms with Crippen LogP contribution in [0, 0.1) is 0 Å². The van der Waals surface area contributed by atoms with Gasteiger partial charge in [0.25, 0.3) is 5.91 Å². The van der Waals surface area contributed by atoms with Gasteiger partial charge in [-0.05, 0) is 61.7 Å². The number of benzene rings is 2. The Morgan fingerprint density at radius 2 is 1.83 bits per heavy atom. The molecular formula is C23H25N3O4. The van der Waals surface area contributed by atoms with E-state index in [1.54, 1.807) is 56.5 Å². The molecule has 1 saturated carbocycles. The fourth-order valence-corrected chi connectivity index (χ4v) is 2.70. The molecule has 0 heterocycles. The molecule has 30 heavy (non-hydrogen) atoms. The number of amides is 3. The second kappa shape index (κ2) is 9.73. The van der Waals surface area contributed by atoms with Crippen molar-refractivity contribution in [1.82, 2.24) is 10.6 Å². The minimum Gasteiger partial charge on any atom is -0.497 e. The van der Waals surface area contributed by atoms with E-state index in [1.807, 2.05) is 12.1 Å². The number of rotatable bonds is 8. The van der Waals surface area contributed by atoms with E-state index in [-0.39, 0.29) is 23.8 Å². The first kappa shape index (κ1) is 21.1. The highest BCUT2D eigenvalue weighted by atomic mass is 16.5. The minimum atomic E-state index is -0.748. The van der Waals surface area contributed by atoms with Gasteiger partial charge in [0.15, 0.2) is 0 Å². The highest BCUT2D eigenvalue weighted by Gasteiger charge is 2.24. The first-order chi connectivity index (χ1) is 14.4. The molecule has 1 atom stereocenters. The summed E-state index contributed by atoms with van der Waals surface area (Å²) in [6.07, 6.45) is 5.04. The van der Waals surface area contributed by atoms with Gasteiger partial charge in [-0.1, -0.05) is 18.2 Å². The van der Waals surface area contributed by atoms with Gasteiger partial charge in [-0.3, -0.25) is 14.4 Å². The van der Waals surface area contributed by atoms with Crippen LogP contribution in [0.5, 0.6) is 5.75 Å². The van der Waals surface area contributed by atoms with Gasteiger partial charge in [0.1, 0.15) is 11.8 Å². The number of hydrogen-bond acceptors (Lipinski definition) is 4. The molecule has 1 unspecified atom stereocenters. The lowest BCUT2D eigenvalue weighted by Crippen LogP contribution is -2.40. The van der Waals surface area contributed by atoms with E-state index >= 15 is 0 Å². The minimum absolute atomic E-state index is 0.154. The monoisotopic (exact) mass is 407 g/mol. The zero-order valence-corrected chi connectivity index (χ0v) is 17.0. The van der Waals surface area contributed by atoms with Gasteiger partial charge in [0.05, 0.1) is 7.11 Å². The molecule has 7 nitrogen and oxygen atoms in total. The summed E-state index contributed by atoms with van der Waals surface area (Å²) in [6.45, 7) is 1.60. The zero-order valence-electron chi connectivity index (χ0n) is 17.0. The molecule has 156 valence electrons. The van der Waals surface area contributed by atoms with Crippen LogP contribution in [-0.4, -0.2) is 36.9 Å². The Morgan fingerprint density at radius 3 is 2.50 bits per heavy atom. The van der Waals surface area contributed by atoms with Crippen LogP contribution < -0.4 is 20.7 Å². The van der Waals surface area contributed by atoms with Crippen LogP contribution in [-0.2, 0) is 9.59 Å². The van der Waals surface area contributed by atoms with Crippen molar-refractivity contribution in [3.63, 3.8) is 0 Å². The molecule has 3 rings (SSSR count). The number of carbonyl (C=O) groups excluding carboxylic acids is 3. The summed E-state index contributed by atoms with van der Waals surface area (Å²) in [7, 11) is 1.59. The van der Waals surface area contributed by atoms with E-state index in [0.29, 0.717) is 11.3 Å². The van der Waals surface area contributed by atoms with E-state index in [2.05, 4.69) is 16.0 Å². The SMILES string of the molecule is COc1ccc(/C=C/C(=O)NC(C)C(=O)Nc2cccc(C(=O)NC3CC3)c2)cc1. The molecule has 1 fully saturated rings. The van der Waals surface area contributed by atoms with Gasteiger partial charge in [0, 0.05) is 23.4 Å². The Hall–Kier alpha value is -3.61. The average Bonchev–Trinajstić information content (AvgIpc) is 3.56. The summed E-state index contributed by atoms with van der Waals surface area (Å²) in [6, 6.07) is 13.5. The summed E-state index contributed by atoms with van der Waals surface area (Å²) in [5.74, 6) is -0.179. The maximum atomic E-state index is 12.4. The third-order valence-corrected chi connectivity index (χ3v) is 4.60. The molecule has 0 aliphatic heterocycles. The number of carbonyl (C=O) groups is 3. The van der Waals surface area contributed by atoms with Crippen molar-refractivity contribution in [1.29, 1.82) is 0 Å². The molecule has 3 amide bonds. The van der Waals surface area contributed by atoms with E-state index in [0.717, 1.165) is 24.2 Å². The van der Waals surface area contributed by atoms with Crippen molar-refractivity contribution in [2.75, 3.05) is 12.4 Å². The summed E-state index contributed by atoms with van der Waals surface area (Å²) < 4.78 is 5.09. The molecule has 1 aliphatic carbocycles. The molecule has 0 saturated heterocycles. The topological polar surface area (TPSA) is 96.5 Å². The third-order valence-electron chi connectivity index (χ3n) is 4.60. The molecular weight excluding hydrogens is 382 g/mol. The van der Waals surface area contributed by atoms with Gasteiger partial charge in [-0.25, -0.2) is 0 Å². The van der Waals surface area contributed by atoms with Crippen LogP contribution in [0.2, 0.25) is 0 Å². The lowest BCUT2D eigenvalue weighted by Gasteiger charge is -2.13. The molecule has 2 aromatic rings. The van der Waals surface area contributed by atoms with Gasteiger partial charge in [-0.15, -0.1) is 0 Å². The molecule has 0 aromatic heterocycles. The Labute approximate surface area is 175 Å². The molecule has 3 N–H and O–H groups in total. The Morgan fingerprint density at radius 1 is 1.10 bits per heavy atom. The predicted molar refractivity (Wildman–Crippen MR) is 115 cm³/mol. The Kier molecular flexibility index (Phi) is 6.85. The normalized spacial score (nSPS) is 14.1. The molecule has 1 aliphatic rings. The predicted octanol–water partition coefficient (Wildman–Crippen LogP) is 2.74. The summed E-state index contributed by atoms with van der Waals surface area (Å²) in [4.78, 5) is 36.6. The van der Waals surface area contributed by atoms with Crippen molar-refractivity contribution in [2.45, 2.75) is 31.8 Å². The van der Waals surface area contributed by atoms with Crippen molar-refractivity contribution in [3.05, 3.63) is 65.7 Å². The maximum Gasteiger partial charge on any atom is 0.251 e. The number of methoxy groups -OCH3 is 1. The highest BCUT2D eigenvalue weighted by molar-refractivity contribution is 6.01. The number of nitrogens with one attached hydrogen (secondary N) is 3. The van der Waals surface area contributed by atoms with Gasteiger partial charge in [0.2, 0.25) is 11.8 Å². The first-order valence-electron chi connectivity index (χ1n) is 9.79. The lowest BCUT2D eigenvalue weighted by molar-refractivity contribution is -0.123. The summed E-state index contributed by atoms with van der Waals surface area (Å²) in [5.41, 5.74) is 1.82. The van der Waals surface area contributed by atoms with Crippen molar-refractivity contribution in [3.8, 4) is 5.75 Å². The van der Waals surface area contributed by atoms with E-state index in [9.17, 15) is 14.4 Å². The van der Waals surface area contributed by atoms with Gasteiger partial charge >= 0.3 is 0 Å². The number of ether oxygens (including phenoxy) is 1. The molecule has 0 radical (unpaired) electrons. The van der Waals surface area contributed by atoms with Crippen LogP contribution in [0.4, 0.5) is 5.69 Å². The summed E-state index contributed by atoms with van der Waals surface area (Å²) in [5, 5.41) is 8.26. The number of anilines is 1. The Balaban J connectivity index is 1.51. The van der Waals surface area contributed by atoms with Crippen LogP contribution in [0.1, 0.15) is 35.7 Å². The Bertz CT molecular complexity index is 949. The third kappa shape index (κ3) is 6.20. The lowest BCUT2D eigenvalue weighted by atomic mass is 10.1. The van der Waals surface area contributed by atoms with E-state index in [1.165, 1.54) is 6.08 Å². The largest absolute Gasteiger partial charge is 0.497 e. The average molecular weight is 407 g/mol. The summed E-state index contributed by atoms with van der Waals surface area (Å²) >= 11 is 0. The smallest absolute Gasteiger partial charge is 0.251 e. The quantitative estimate of drug-likeness (QED) is 0.586. The van der Waals surface area contributed by atoms with Crippen LogP contribution in [0.3, 0.4) is 0 Å². The first-order valence-corrected chi connectivity index (χ1v) is 9.79. The van der Waals surface area contributed by atoms with E-state index < -0.39 is 6.04 Å². The van der Waals surface area contributed by atoms with Crippen LogP contribution in [0.25, 0.3) is 6.08 Å². The molecule has 0 bridgehead atoms. The van der Waals surface area contributed by atoms with Crippen molar-refractivity contribution >= 4 is 29.5 Å². The van der Waals surface area contributed by atoms with Crippen molar-refractivity contribution in [2.24, 2.45) is 0 Å². The fourth-order valence-electron chi connectivity index (χ4n) is 2.70. The number of hydrogen-bond donors (Lipinski definition) is 3. The molecule has 7 heteroatoms. The van der Waals surface area contributed by atoms with Gasteiger partial charge < -0.3 is 20.7 Å². The fraction of sp³-hybridized carbons (Fsp3) is 0.261. The second-order valence-corrected chi connectivity index (χ2v) is 7.15. The van der Waals surface area contributed by atoms with E-state index in [4.69, 9.17) is 4.74 Å². The maximum absolute atomic E-state index is 12.4. The zero-order chi connectivity index (χ0) is 21.5. The van der Waals surface area contributed by atoms with Crippen LogP contribution >= 0.6 is 0 Å². The standard InChI is InChI=1S/C23H25N3O4/c1-15(24-21(27)13-8-16-6-11-20(30-2)12-7-16)22(28)26-19-5-3-4-17(14-19)23(29)25-18-9-10-18/h3-8,11-15,18H,9-10H2,1-2H3,(H,24,27)(H,25,29)(H,26,28)/b13-8+. The van der Waals surface area contributed by atoms with Crippen molar-refractivity contribution < 1.29 is 19.1 Å². The van der Waals surface area contributed by atoms with Crippen LogP contribution in [0.15, 0.2) is 54.6 Å². The second-order valence-electron chi connectivity index (χ2n) is 7.15. The highest BCUT2D eigenvalue weighted by Crippen LogP contribution is 2.20. The van der Waals surface area contributed by atoms with Gasteiger partial charge in [-0.2, -0.15) is 0 Å².